The van der Waals surface area contributed by atoms with E-state index in [1.54, 1.807) is 24.6 Å². The van der Waals surface area contributed by atoms with Gasteiger partial charge in [-0.1, -0.05) is 11.6 Å². The normalized spacial score (nSPS) is 10.3. The van der Waals surface area contributed by atoms with Crippen molar-refractivity contribution in [1.29, 1.82) is 0 Å². The van der Waals surface area contributed by atoms with E-state index in [9.17, 15) is 0 Å². The van der Waals surface area contributed by atoms with Crippen molar-refractivity contribution in [2.24, 2.45) is 0 Å². The van der Waals surface area contributed by atoms with Gasteiger partial charge in [0.25, 0.3) is 0 Å². The van der Waals surface area contributed by atoms with Crippen LogP contribution in [0.3, 0.4) is 0 Å². The summed E-state index contributed by atoms with van der Waals surface area (Å²) < 4.78 is 5.96. The molecule has 0 bridgehead atoms. The van der Waals surface area contributed by atoms with Crippen molar-refractivity contribution in [1.82, 2.24) is 9.97 Å². The molecule has 66 valence electrons. The monoisotopic (exact) mass is 306 g/mol. The molecule has 2 heterocycles. The smallest absolute Gasteiger partial charge is 0.197 e. The Morgan fingerprint density at radius 1 is 1.46 bits per heavy atom. The summed E-state index contributed by atoms with van der Waals surface area (Å²) in [5, 5.41) is 0.446. The molecule has 0 spiro atoms. The van der Waals surface area contributed by atoms with Crippen molar-refractivity contribution in [3.05, 3.63) is 33.3 Å². The Bertz CT molecular complexity index is 416. The minimum atomic E-state index is 0.446. The number of hydrogen-bond acceptors (Lipinski definition) is 3. The number of rotatable bonds is 1. The first-order chi connectivity index (χ1) is 6.27. The second-order valence-corrected chi connectivity index (χ2v) is 3.83. The third-order valence-electron chi connectivity index (χ3n) is 1.44. The predicted molar refractivity (Wildman–Crippen MR) is 57.5 cm³/mol. The fraction of sp³-hybridized carbons (Fsp3) is 0. The number of hydrogen-bond donors (Lipinski definition) is 0. The van der Waals surface area contributed by atoms with Crippen molar-refractivity contribution < 1.29 is 4.42 Å². The van der Waals surface area contributed by atoms with Gasteiger partial charge >= 0.3 is 0 Å². The summed E-state index contributed by atoms with van der Waals surface area (Å²) in [6.07, 6.45) is 3.23. The molecule has 0 aliphatic carbocycles. The van der Waals surface area contributed by atoms with E-state index in [0.717, 1.165) is 3.57 Å². The van der Waals surface area contributed by atoms with Gasteiger partial charge in [-0.3, -0.25) is 0 Å². The van der Waals surface area contributed by atoms with Gasteiger partial charge in [0.2, 0.25) is 0 Å². The molecule has 2 aromatic rings. The van der Waals surface area contributed by atoms with Gasteiger partial charge < -0.3 is 4.42 Å². The Hall–Kier alpha value is -0.620. The van der Waals surface area contributed by atoms with E-state index in [0.29, 0.717) is 16.7 Å². The molecule has 2 rings (SSSR count). The van der Waals surface area contributed by atoms with Gasteiger partial charge in [0, 0.05) is 6.20 Å². The lowest BCUT2D eigenvalue weighted by Crippen LogP contribution is -1.89. The first-order valence-corrected chi connectivity index (χ1v) is 4.95. The highest BCUT2D eigenvalue weighted by atomic mass is 127. The molecule has 0 radical (unpaired) electrons. The number of furan rings is 1. The Kier molecular flexibility index (Phi) is 2.50. The molecular formula is C8H4ClIN2O. The Morgan fingerprint density at radius 2 is 2.31 bits per heavy atom. The van der Waals surface area contributed by atoms with Gasteiger partial charge in [0.15, 0.2) is 11.6 Å². The van der Waals surface area contributed by atoms with Crippen LogP contribution in [0.2, 0.25) is 5.15 Å². The zero-order chi connectivity index (χ0) is 9.26. The largest absolute Gasteiger partial charge is 0.461 e. The number of aromatic nitrogens is 2. The van der Waals surface area contributed by atoms with Crippen LogP contribution in [0.15, 0.2) is 29.0 Å². The predicted octanol–water partition coefficient (Wildman–Crippen LogP) is 2.99. The van der Waals surface area contributed by atoms with Crippen molar-refractivity contribution in [2.45, 2.75) is 0 Å². The SMILES string of the molecule is Clc1nc(-c2ccco2)ncc1I. The summed E-state index contributed by atoms with van der Waals surface area (Å²) in [5.41, 5.74) is 0. The maximum Gasteiger partial charge on any atom is 0.197 e. The molecule has 0 aliphatic rings. The average molecular weight is 306 g/mol. The number of halogens is 2. The molecular weight excluding hydrogens is 302 g/mol. The molecule has 0 fully saturated rings. The van der Waals surface area contributed by atoms with E-state index in [1.807, 2.05) is 0 Å². The maximum atomic E-state index is 5.83. The molecule has 0 unspecified atom stereocenters. The van der Waals surface area contributed by atoms with Crippen LogP contribution in [0, 0.1) is 3.57 Å². The van der Waals surface area contributed by atoms with E-state index in [2.05, 4.69) is 32.6 Å². The minimum absolute atomic E-state index is 0.446. The van der Waals surface area contributed by atoms with E-state index in [1.165, 1.54) is 0 Å². The first-order valence-electron chi connectivity index (χ1n) is 3.49. The highest BCUT2D eigenvalue weighted by molar-refractivity contribution is 14.1. The summed E-state index contributed by atoms with van der Waals surface area (Å²) in [6.45, 7) is 0. The molecule has 0 aliphatic heterocycles. The third-order valence-corrected chi connectivity index (χ3v) is 2.84. The van der Waals surface area contributed by atoms with Gasteiger partial charge in [0.05, 0.1) is 9.83 Å². The van der Waals surface area contributed by atoms with Crippen LogP contribution >= 0.6 is 34.2 Å². The van der Waals surface area contributed by atoms with Gasteiger partial charge in [-0.2, -0.15) is 0 Å². The molecule has 0 N–H and O–H groups in total. The molecule has 0 aromatic carbocycles. The average Bonchev–Trinajstić information content (AvgIpc) is 2.62. The van der Waals surface area contributed by atoms with Gasteiger partial charge in [0.1, 0.15) is 5.15 Å². The summed E-state index contributed by atoms with van der Waals surface area (Å²) in [7, 11) is 0. The van der Waals surface area contributed by atoms with E-state index in [-0.39, 0.29) is 0 Å². The second kappa shape index (κ2) is 3.63. The minimum Gasteiger partial charge on any atom is -0.461 e. The van der Waals surface area contributed by atoms with Crippen LogP contribution in [0.1, 0.15) is 0 Å². The Morgan fingerprint density at radius 3 is 2.92 bits per heavy atom. The highest BCUT2D eigenvalue weighted by Crippen LogP contribution is 2.20. The highest BCUT2D eigenvalue weighted by Gasteiger charge is 2.06. The first kappa shape index (κ1) is 8.96. The van der Waals surface area contributed by atoms with Gasteiger partial charge in [-0.05, 0) is 34.7 Å². The zero-order valence-electron chi connectivity index (χ0n) is 6.37. The van der Waals surface area contributed by atoms with Crippen LogP contribution in [0.25, 0.3) is 11.6 Å². The second-order valence-electron chi connectivity index (χ2n) is 2.31. The quantitative estimate of drug-likeness (QED) is 0.600. The van der Waals surface area contributed by atoms with Crippen molar-refractivity contribution in [3.63, 3.8) is 0 Å². The standard InChI is InChI=1S/C8H4ClIN2O/c9-7-5(10)4-11-8(12-7)6-2-1-3-13-6/h1-4H. The summed E-state index contributed by atoms with van der Waals surface area (Å²) >= 11 is 7.90. The van der Waals surface area contributed by atoms with Crippen LogP contribution in [0.4, 0.5) is 0 Å². The van der Waals surface area contributed by atoms with Crippen molar-refractivity contribution >= 4 is 34.2 Å². The Labute approximate surface area is 93.3 Å². The molecule has 3 nitrogen and oxygen atoms in total. The molecule has 0 saturated carbocycles. The van der Waals surface area contributed by atoms with E-state index in [4.69, 9.17) is 16.0 Å². The molecule has 0 saturated heterocycles. The molecule has 2 aromatic heterocycles. The fourth-order valence-corrected chi connectivity index (χ4v) is 1.26. The lowest BCUT2D eigenvalue weighted by Gasteiger charge is -1.96. The summed E-state index contributed by atoms with van der Waals surface area (Å²) in [4.78, 5) is 8.15. The lowest BCUT2D eigenvalue weighted by molar-refractivity contribution is 0.577. The van der Waals surface area contributed by atoms with Crippen LogP contribution in [-0.4, -0.2) is 9.97 Å². The van der Waals surface area contributed by atoms with Gasteiger partial charge in [-0.15, -0.1) is 0 Å². The molecule has 0 atom stereocenters. The summed E-state index contributed by atoms with van der Waals surface area (Å²) in [5.74, 6) is 1.13. The zero-order valence-corrected chi connectivity index (χ0v) is 9.28. The van der Waals surface area contributed by atoms with E-state index < -0.39 is 0 Å². The lowest BCUT2D eigenvalue weighted by atomic mass is 10.4. The molecule has 5 heteroatoms. The molecule has 0 amide bonds. The van der Waals surface area contributed by atoms with Crippen molar-refractivity contribution in [2.75, 3.05) is 0 Å². The van der Waals surface area contributed by atoms with Crippen LogP contribution in [-0.2, 0) is 0 Å². The maximum absolute atomic E-state index is 5.83. The van der Waals surface area contributed by atoms with Crippen molar-refractivity contribution in [3.8, 4) is 11.6 Å². The van der Waals surface area contributed by atoms with E-state index >= 15 is 0 Å². The number of nitrogens with zero attached hydrogens (tertiary/aromatic N) is 2. The third kappa shape index (κ3) is 1.83. The molecule has 13 heavy (non-hydrogen) atoms. The summed E-state index contributed by atoms with van der Waals surface area (Å²) in [6, 6.07) is 3.57. The van der Waals surface area contributed by atoms with Gasteiger partial charge in [-0.25, -0.2) is 9.97 Å². The van der Waals surface area contributed by atoms with Crippen LogP contribution < -0.4 is 0 Å². The topological polar surface area (TPSA) is 38.9 Å². The van der Waals surface area contributed by atoms with Crippen LogP contribution in [0.5, 0.6) is 0 Å². The Balaban J connectivity index is 2.49. The fourth-order valence-electron chi connectivity index (χ4n) is 0.871.